The van der Waals surface area contributed by atoms with Crippen molar-refractivity contribution < 1.29 is 9.84 Å². The highest BCUT2D eigenvalue weighted by molar-refractivity contribution is 4.92. The van der Waals surface area contributed by atoms with E-state index in [0.29, 0.717) is 17.6 Å². The summed E-state index contributed by atoms with van der Waals surface area (Å²) in [5, 5.41) is 14.3. The lowest BCUT2D eigenvalue weighted by atomic mass is 9.71. The van der Waals surface area contributed by atoms with Gasteiger partial charge in [-0.2, -0.15) is 0 Å². The van der Waals surface area contributed by atoms with Gasteiger partial charge in [0.1, 0.15) is 0 Å². The van der Waals surface area contributed by atoms with Crippen LogP contribution in [0.2, 0.25) is 0 Å². The van der Waals surface area contributed by atoms with Gasteiger partial charge in [0.25, 0.3) is 0 Å². The third-order valence-electron chi connectivity index (χ3n) is 5.21. The topological polar surface area (TPSA) is 41.5 Å². The molecule has 3 heteroatoms. The molecule has 0 aromatic rings. The van der Waals surface area contributed by atoms with Gasteiger partial charge in [0.2, 0.25) is 0 Å². The van der Waals surface area contributed by atoms with Crippen LogP contribution in [0.15, 0.2) is 0 Å². The number of hydrogen-bond donors (Lipinski definition) is 2. The van der Waals surface area contributed by atoms with E-state index in [2.05, 4.69) is 19.2 Å². The van der Waals surface area contributed by atoms with Crippen molar-refractivity contribution in [3.63, 3.8) is 0 Å². The van der Waals surface area contributed by atoms with Gasteiger partial charge in [-0.3, -0.25) is 0 Å². The maximum atomic E-state index is 10.7. The highest BCUT2D eigenvalue weighted by Crippen LogP contribution is 2.40. The predicted molar refractivity (Wildman–Crippen MR) is 78.3 cm³/mol. The van der Waals surface area contributed by atoms with E-state index in [1.54, 1.807) is 0 Å². The minimum Gasteiger partial charge on any atom is -0.389 e. The zero-order valence-electron chi connectivity index (χ0n) is 12.9. The van der Waals surface area contributed by atoms with Crippen LogP contribution in [0.4, 0.5) is 0 Å². The molecule has 0 aliphatic heterocycles. The molecular weight excluding hydrogens is 238 g/mol. The first-order chi connectivity index (χ1) is 8.92. The lowest BCUT2D eigenvalue weighted by Crippen LogP contribution is -2.49. The van der Waals surface area contributed by atoms with Crippen LogP contribution in [-0.2, 0) is 4.74 Å². The summed E-state index contributed by atoms with van der Waals surface area (Å²) in [4.78, 5) is 0. The van der Waals surface area contributed by atoms with Gasteiger partial charge >= 0.3 is 0 Å². The molecule has 2 aliphatic carbocycles. The lowest BCUT2D eigenvalue weighted by Gasteiger charge is -2.41. The summed E-state index contributed by atoms with van der Waals surface area (Å²) in [5.74, 6) is 0. The van der Waals surface area contributed by atoms with E-state index in [1.807, 2.05) is 7.11 Å². The lowest BCUT2D eigenvalue weighted by molar-refractivity contribution is -0.0291. The van der Waals surface area contributed by atoms with Gasteiger partial charge in [-0.05, 0) is 56.8 Å². The second-order valence-electron chi connectivity index (χ2n) is 7.49. The van der Waals surface area contributed by atoms with Crippen LogP contribution in [-0.4, -0.2) is 36.5 Å². The van der Waals surface area contributed by atoms with E-state index in [1.165, 1.54) is 19.3 Å². The van der Waals surface area contributed by atoms with Gasteiger partial charge < -0.3 is 15.2 Å². The van der Waals surface area contributed by atoms with Gasteiger partial charge in [-0.1, -0.05) is 13.8 Å². The van der Waals surface area contributed by atoms with Crippen molar-refractivity contribution >= 4 is 0 Å². The average molecular weight is 269 g/mol. The van der Waals surface area contributed by atoms with Gasteiger partial charge in [-0.15, -0.1) is 0 Å². The third kappa shape index (κ3) is 4.44. The Morgan fingerprint density at radius 1 is 1.16 bits per heavy atom. The molecule has 0 radical (unpaired) electrons. The minimum absolute atomic E-state index is 0.409. The van der Waals surface area contributed by atoms with Crippen LogP contribution in [0.25, 0.3) is 0 Å². The summed E-state index contributed by atoms with van der Waals surface area (Å²) in [7, 11) is 1.81. The van der Waals surface area contributed by atoms with Crippen molar-refractivity contribution in [1.29, 1.82) is 0 Å². The van der Waals surface area contributed by atoms with E-state index in [0.717, 1.165) is 38.6 Å². The minimum atomic E-state index is -0.477. The number of rotatable bonds is 4. The van der Waals surface area contributed by atoms with Crippen LogP contribution in [0.3, 0.4) is 0 Å². The number of aliphatic hydroxyl groups is 1. The molecule has 3 nitrogen and oxygen atoms in total. The Hall–Kier alpha value is -0.120. The zero-order valence-corrected chi connectivity index (χ0v) is 12.9. The molecule has 2 aliphatic rings. The van der Waals surface area contributed by atoms with Crippen LogP contribution in [0.1, 0.15) is 65.2 Å². The van der Waals surface area contributed by atoms with Crippen LogP contribution in [0, 0.1) is 5.41 Å². The summed E-state index contributed by atoms with van der Waals surface area (Å²) < 4.78 is 5.46. The molecule has 2 unspecified atom stereocenters. The Balaban J connectivity index is 1.75. The molecule has 0 spiro atoms. The zero-order chi connectivity index (χ0) is 13.9. The molecule has 2 rings (SSSR count). The summed E-state index contributed by atoms with van der Waals surface area (Å²) in [6.45, 7) is 5.37. The fourth-order valence-corrected chi connectivity index (χ4v) is 3.45. The number of nitrogens with one attached hydrogen (secondary N) is 1. The second kappa shape index (κ2) is 6.11. The summed E-state index contributed by atoms with van der Waals surface area (Å²) >= 11 is 0. The average Bonchev–Trinajstić information content (AvgIpc) is 2.41. The Kier molecular flexibility index (Phi) is 4.91. The van der Waals surface area contributed by atoms with Crippen molar-refractivity contribution in [3.05, 3.63) is 0 Å². The predicted octanol–water partition coefficient (Wildman–Crippen LogP) is 2.86. The smallest absolute Gasteiger partial charge is 0.0772 e. The fourth-order valence-electron chi connectivity index (χ4n) is 3.45. The van der Waals surface area contributed by atoms with E-state index < -0.39 is 5.60 Å². The first-order valence-electron chi connectivity index (χ1n) is 7.91. The van der Waals surface area contributed by atoms with Gasteiger partial charge in [0.15, 0.2) is 0 Å². The molecule has 2 saturated carbocycles. The first-order valence-corrected chi connectivity index (χ1v) is 7.91. The van der Waals surface area contributed by atoms with Crippen molar-refractivity contribution in [2.45, 2.75) is 83.0 Å². The highest BCUT2D eigenvalue weighted by atomic mass is 16.5. The normalized spacial score (nSPS) is 34.1. The molecule has 0 bridgehead atoms. The summed E-state index contributed by atoms with van der Waals surface area (Å²) in [5.41, 5.74) is -0.0618. The molecule has 2 fully saturated rings. The van der Waals surface area contributed by atoms with E-state index >= 15 is 0 Å². The molecule has 19 heavy (non-hydrogen) atoms. The Morgan fingerprint density at radius 3 is 2.47 bits per heavy atom. The maximum absolute atomic E-state index is 10.7. The third-order valence-corrected chi connectivity index (χ3v) is 5.21. The maximum Gasteiger partial charge on any atom is 0.0772 e. The number of methoxy groups -OCH3 is 1. The molecule has 0 aromatic carbocycles. The van der Waals surface area contributed by atoms with Crippen molar-refractivity contribution in [2.24, 2.45) is 5.41 Å². The summed E-state index contributed by atoms with van der Waals surface area (Å²) in [6, 6.07) is 0.526. The Labute approximate surface area is 118 Å². The van der Waals surface area contributed by atoms with E-state index in [9.17, 15) is 5.11 Å². The van der Waals surface area contributed by atoms with Crippen molar-refractivity contribution in [2.75, 3.05) is 13.7 Å². The van der Waals surface area contributed by atoms with E-state index in [-0.39, 0.29) is 0 Å². The molecular formula is C16H31NO2. The number of ether oxygens (including phenoxy) is 1. The first kappa shape index (κ1) is 15.3. The van der Waals surface area contributed by atoms with Crippen LogP contribution in [0.5, 0.6) is 0 Å². The SMILES string of the molecule is COC1CCCC(NCC2(O)CCC(C)(C)CC2)C1. The van der Waals surface area contributed by atoms with Crippen LogP contribution < -0.4 is 5.32 Å². The molecule has 2 atom stereocenters. The van der Waals surface area contributed by atoms with Gasteiger partial charge in [0.05, 0.1) is 11.7 Å². The number of hydrogen-bond acceptors (Lipinski definition) is 3. The van der Waals surface area contributed by atoms with Gasteiger partial charge in [-0.25, -0.2) is 0 Å². The molecule has 2 N–H and O–H groups in total. The summed E-state index contributed by atoms with van der Waals surface area (Å²) in [6.07, 6.45) is 9.30. The van der Waals surface area contributed by atoms with Gasteiger partial charge in [0, 0.05) is 19.7 Å². The standard InChI is InChI=1S/C16H31NO2/c1-15(2)7-9-16(18,10-8-15)12-17-13-5-4-6-14(11-13)19-3/h13-14,17-18H,4-12H2,1-3H3. The van der Waals surface area contributed by atoms with E-state index in [4.69, 9.17) is 4.74 Å². The van der Waals surface area contributed by atoms with Crippen molar-refractivity contribution in [1.82, 2.24) is 5.32 Å². The molecule has 0 heterocycles. The van der Waals surface area contributed by atoms with Crippen molar-refractivity contribution in [3.8, 4) is 0 Å². The highest BCUT2D eigenvalue weighted by Gasteiger charge is 2.37. The largest absolute Gasteiger partial charge is 0.389 e. The second-order valence-corrected chi connectivity index (χ2v) is 7.49. The Morgan fingerprint density at radius 2 is 1.84 bits per heavy atom. The molecule has 0 saturated heterocycles. The monoisotopic (exact) mass is 269 g/mol. The molecule has 0 aromatic heterocycles. The fraction of sp³-hybridized carbons (Fsp3) is 1.00. The van der Waals surface area contributed by atoms with Crippen LogP contribution >= 0.6 is 0 Å². The molecule has 0 amide bonds. The Bertz CT molecular complexity index is 280. The molecule has 112 valence electrons. The quantitative estimate of drug-likeness (QED) is 0.824.